The molecule has 0 amide bonds. The Balaban J connectivity index is 0.000000750. The summed E-state index contributed by atoms with van der Waals surface area (Å²) in [5.74, 6) is 0.716. The van der Waals surface area contributed by atoms with Crippen LogP contribution in [0.25, 0.3) is 4.96 Å². The van der Waals surface area contributed by atoms with Gasteiger partial charge >= 0.3 is 0 Å². The molecule has 0 spiro atoms. The summed E-state index contributed by atoms with van der Waals surface area (Å²) in [4.78, 5) is 5.33. The first-order valence-electron chi connectivity index (χ1n) is 4.42. The van der Waals surface area contributed by atoms with Gasteiger partial charge in [0.25, 0.3) is 0 Å². The summed E-state index contributed by atoms with van der Waals surface area (Å²) < 4.78 is 1.85. The molecule has 0 radical (unpaired) electrons. The van der Waals surface area contributed by atoms with Crippen LogP contribution in [0.2, 0.25) is 0 Å². The van der Waals surface area contributed by atoms with E-state index in [0.29, 0.717) is 12.5 Å². The molecule has 2 aromatic rings. The Hall–Kier alpha value is -0.650. The number of fused-ring (bicyclic) bond motifs is 1. The summed E-state index contributed by atoms with van der Waals surface area (Å²) in [6, 6.07) is 0. The summed E-state index contributed by atoms with van der Waals surface area (Å²) in [5, 5.41) is 5.69. The van der Waals surface area contributed by atoms with Gasteiger partial charge in [0.15, 0.2) is 0 Å². The second-order valence-corrected chi connectivity index (χ2v) is 4.37. The van der Waals surface area contributed by atoms with E-state index >= 15 is 0 Å². The fourth-order valence-electron chi connectivity index (χ4n) is 1.35. The molecule has 2 aromatic heterocycles. The SMILES string of the molecule is Cl.NCc1cn2nc(C3CC3)sc2n1. The third kappa shape index (κ3) is 1.51. The highest BCUT2D eigenvalue weighted by atomic mass is 35.5. The summed E-state index contributed by atoms with van der Waals surface area (Å²) in [6.07, 6.45) is 4.50. The zero-order valence-corrected chi connectivity index (χ0v) is 9.14. The van der Waals surface area contributed by atoms with E-state index in [2.05, 4.69) is 10.1 Å². The van der Waals surface area contributed by atoms with Crippen molar-refractivity contribution >= 4 is 28.7 Å². The molecule has 6 heteroatoms. The minimum absolute atomic E-state index is 0. The summed E-state index contributed by atoms with van der Waals surface area (Å²) in [7, 11) is 0. The maximum absolute atomic E-state index is 5.48. The smallest absolute Gasteiger partial charge is 0.212 e. The van der Waals surface area contributed by atoms with Crippen molar-refractivity contribution in [3.63, 3.8) is 0 Å². The summed E-state index contributed by atoms with van der Waals surface area (Å²) in [6.45, 7) is 0.495. The molecule has 2 heterocycles. The molecule has 0 unspecified atom stereocenters. The number of aromatic nitrogens is 3. The lowest BCUT2D eigenvalue weighted by Gasteiger charge is -1.84. The zero-order chi connectivity index (χ0) is 8.84. The quantitative estimate of drug-likeness (QED) is 0.852. The van der Waals surface area contributed by atoms with Gasteiger partial charge in [-0.15, -0.1) is 12.4 Å². The van der Waals surface area contributed by atoms with Crippen LogP contribution in [0, 0.1) is 0 Å². The van der Waals surface area contributed by atoms with Crippen molar-refractivity contribution in [1.29, 1.82) is 0 Å². The summed E-state index contributed by atoms with van der Waals surface area (Å²) >= 11 is 1.69. The number of nitrogens with zero attached hydrogens (tertiary/aromatic N) is 3. The molecule has 1 fully saturated rings. The van der Waals surface area contributed by atoms with Crippen molar-refractivity contribution in [2.45, 2.75) is 25.3 Å². The maximum Gasteiger partial charge on any atom is 0.212 e. The molecule has 0 atom stereocenters. The van der Waals surface area contributed by atoms with Gasteiger partial charge in [0.1, 0.15) is 5.01 Å². The lowest BCUT2D eigenvalue weighted by atomic mass is 10.5. The van der Waals surface area contributed by atoms with E-state index < -0.39 is 0 Å². The summed E-state index contributed by atoms with van der Waals surface area (Å²) in [5.41, 5.74) is 6.40. The fourth-order valence-corrected chi connectivity index (χ4v) is 2.42. The van der Waals surface area contributed by atoms with Crippen LogP contribution >= 0.6 is 23.7 Å². The van der Waals surface area contributed by atoms with Gasteiger partial charge < -0.3 is 5.73 Å². The average molecular weight is 231 g/mol. The molecular weight excluding hydrogens is 220 g/mol. The lowest BCUT2D eigenvalue weighted by molar-refractivity contribution is 0.897. The largest absolute Gasteiger partial charge is 0.325 e. The van der Waals surface area contributed by atoms with Gasteiger partial charge in [-0.2, -0.15) is 5.10 Å². The van der Waals surface area contributed by atoms with Crippen LogP contribution in [-0.4, -0.2) is 14.6 Å². The Morgan fingerprint density at radius 3 is 2.93 bits per heavy atom. The van der Waals surface area contributed by atoms with Crippen molar-refractivity contribution in [2.75, 3.05) is 0 Å². The van der Waals surface area contributed by atoms with Gasteiger partial charge in [0, 0.05) is 12.5 Å². The van der Waals surface area contributed by atoms with Crippen LogP contribution in [0.3, 0.4) is 0 Å². The second kappa shape index (κ2) is 3.49. The van der Waals surface area contributed by atoms with Gasteiger partial charge in [-0.25, -0.2) is 9.50 Å². The molecule has 14 heavy (non-hydrogen) atoms. The molecule has 0 aromatic carbocycles. The van der Waals surface area contributed by atoms with Crippen LogP contribution < -0.4 is 5.73 Å². The lowest BCUT2D eigenvalue weighted by Crippen LogP contribution is -1.95. The van der Waals surface area contributed by atoms with Crippen molar-refractivity contribution in [1.82, 2.24) is 14.6 Å². The monoisotopic (exact) mass is 230 g/mol. The first-order chi connectivity index (χ1) is 6.36. The molecule has 0 aliphatic heterocycles. The van der Waals surface area contributed by atoms with E-state index in [4.69, 9.17) is 5.73 Å². The maximum atomic E-state index is 5.48. The third-order valence-electron chi connectivity index (χ3n) is 2.24. The van der Waals surface area contributed by atoms with E-state index in [0.717, 1.165) is 10.7 Å². The third-order valence-corrected chi connectivity index (χ3v) is 3.33. The molecule has 0 bridgehead atoms. The van der Waals surface area contributed by atoms with Crippen LogP contribution in [0.15, 0.2) is 6.20 Å². The molecule has 4 nitrogen and oxygen atoms in total. The molecule has 3 rings (SSSR count). The predicted octanol–water partition coefficient (Wildman–Crippen LogP) is 1.55. The number of imidazole rings is 1. The number of hydrogen-bond donors (Lipinski definition) is 1. The normalized spacial score (nSPS) is 15.8. The van der Waals surface area contributed by atoms with Gasteiger partial charge in [0.05, 0.1) is 11.9 Å². The topological polar surface area (TPSA) is 56.2 Å². The fraction of sp³-hybridized carbons (Fsp3) is 0.500. The average Bonchev–Trinajstić information content (AvgIpc) is 2.78. The molecule has 1 aliphatic rings. The number of halogens is 1. The van der Waals surface area contributed by atoms with E-state index in [1.165, 1.54) is 17.8 Å². The van der Waals surface area contributed by atoms with E-state index in [1.807, 2.05) is 10.7 Å². The first-order valence-corrected chi connectivity index (χ1v) is 5.23. The Morgan fingerprint density at radius 2 is 2.36 bits per heavy atom. The van der Waals surface area contributed by atoms with Gasteiger partial charge in [-0.1, -0.05) is 11.3 Å². The molecule has 0 saturated heterocycles. The van der Waals surface area contributed by atoms with Crippen molar-refractivity contribution < 1.29 is 0 Å². The minimum Gasteiger partial charge on any atom is -0.325 e. The molecule has 2 N–H and O–H groups in total. The van der Waals surface area contributed by atoms with E-state index in [1.54, 1.807) is 11.3 Å². The zero-order valence-electron chi connectivity index (χ0n) is 7.51. The van der Waals surface area contributed by atoms with E-state index in [-0.39, 0.29) is 12.4 Å². The highest BCUT2D eigenvalue weighted by Gasteiger charge is 2.27. The van der Waals surface area contributed by atoms with Crippen LogP contribution in [0.1, 0.15) is 29.5 Å². The van der Waals surface area contributed by atoms with Gasteiger partial charge in [-0.05, 0) is 12.8 Å². The Morgan fingerprint density at radius 1 is 1.57 bits per heavy atom. The van der Waals surface area contributed by atoms with Crippen molar-refractivity contribution in [3.8, 4) is 0 Å². The molecular formula is C8H11ClN4S. The highest BCUT2D eigenvalue weighted by molar-refractivity contribution is 7.16. The number of rotatable bonds is 2. The van der Waals surface area contributed by atoms with Gasteiger partial charge in [0.2, 0.25) is 4.96 Å². The predicted molar refractivity (Wildman–Crippen MR) is 58.0 cm³/mol. The Kier molecular flexibility index (Phi) is 2.47. The Labute approximate surface area is 91.5 Å². The van der Waals surface area contributed by atoms with Crippen molar-refractivity contribution in [3.05, 3.63) is 16.9 Å². The number of hydrogen-bond acceptors (Lipinski definition) is 4. The highest BCUT2D eigenvalue weighted by Crippen LogP contribution is 2.41. The number of nitrogens with two attached hydrogens (primary N) is 1. The minimum atomic E-state index is 0. The standard InChI is InChI=1S/C8H10N4S.ClH/c9-3-6-4-12-8(10-6)13-7(11-12)5-1-2-5;/h4-5H,1-3,9H2;1H. The Bertz CT molecular complexity index is 414. The van der Waals surface area contributed by atoms with E-state index in [9.17, 15) is 0 Å². The molecule has 1 saturated carbocycles. The second-order valence-electron chi connectivity index (χ2n) is 3.38. The van der Waals surface area contributed by atoms with Crippen molar-refractivity contribution in [2.24, 2.45) is 5.73 Å². The van der Waals surface area contributed by atoms with Crippen LogP contribution in [0.4, 0.5) is 0 Å². The van der Waals surface area contributed by atoms with Gasteiger partial charge in [-0.3, -0.25) is 0 Å². The molecule has 1 aliphatic carbocycles. The molecule has 76 valence electrons. The van der Waals surface area contributed by atoms with Crippen LogP contribution in [-0.2, 0) is 6.54 Å². The first kappa shape index (κ1) is 9.89. The van der Waals surface area contributed by atoms with Crippen LogP contribution in [0.5, 0.6) is 0 Å².